The zero-order chi connectivity index (χ0) is 28.6. The van der Waals surface area contributed by atoms with Gasteiger partial charge >= 0.3 is 0 Å². The van der Waals surface area contributed by atoms with Gasteiger partial charge in [-0.2, -0.15) is 0 Å². The van der Waals surface area contributed by atoms with Gasteiger partial charge in [-0.15, -0.1) is 0 Å². The molecule has 0 fully saturated rings. The molecule has 0 aliphatic heterocycles. The van der Waals surface area contributed by atoms with Crippen LogP contribution in [0.4, 0.5) is 0 Å². The first-order chi connectivity index (χ1) is 16.9. The monoisotopic (exact) mass is 504 g/mol. The molecule has 2 rings (SSSR count). The highest BCUT2D eigenvalue weighted by atomic mass is 16.1. The van der Waals surface area contributed by atoms with Crippen LogP contribution in [0.3, 0.4) is 0 Å². The summed E-state index contributed by atoms with van der Waals surface area (Å²) in [5.41, 5.74) is 10.2. The van der Waals surface area contributed by atoms with Crippen LogP contribution in [0.1, 0.15) is 190 Å². The van der Waals surface area contributed by atoms with E-state index in [9.17, 15) is 4.79 Å². The first-order valence-corrected chi connectivity index (χ1v) is 14.8. The summed E-state index contributed by atoms with van der Waals surface area (Å²) in [5.74, 6) is 2.29. The van der Waals surface area contributed by atoms with Crippen molar-refractivity contribution in [2.75, 3.05) is 0 Å². The summed E-state index contributed by atoms with van der Waals surface area (Å²) >= 11 is 0. The molecule has 0 saturated carbocycles. The van der Waals surface area contributed by atoms with Crippen LogP contribution in [-0.4, -0.2) is 5.78 Å². The van der Waals surface area contributed by atoms with E-state index in [4.69, 9.17) is 0 Å². The topological polar surface area (TPSA) is 17.1 Å². The van der Waals surface area contributed by atoms with Gasteiger partial charge in [0, 0.05) is 5.41 Å². The highest BCUT2D eigenvalue weighted by Crippen LogP contribution is 2.47. The maximum Gasteiger partial charge on any atom is 0.150 e. The number of hydrogen-bond donors (Lipinski definition) is 0. The molecule has 0 N–H and O–H groups in total. The highest BCUT2D eigenvalue weighted by Gasteiger charge is 2.39. The fourth-order valence-corrected chi connectivity index (χ4v) is 5.53. The smallest absolute Gasteiger partial charge is 0.150 e. The maximum atomic E-state index is 14.7. The summed E-state index contributed by atoms with van der Waals surface area (Å²) in [6.07, 6.45) is 0. The first-order valence-electron chi connectivity index (χ1n) is 14.8. The zero-order valence-electron chi connectivity index (χ0n) is 26.8. The van der Waals surface area contributed by atoms with Crippen LogP contribution >= 0.6 is 0 Å². The Morgan fingerprint density at radius 3 is 0.892 bits per heavy atom. The lowest BCUT2D eigenvalue weighted by Gasteiger charge is -2.35. The molecule has 1 heteroatoms. The Hall–Kier alpha value is -1.89. The number of Topliss-reactive ketones (excluding diaryl/α,β-unsaturated/α-hetero) is 1. The lowest BCUT2D eigenvalue weighted by molar-refractivity contribution is -0.127. The highest BCUT2D eigenvalue weighted by molar-refractivity contribution is 5.94. The molecular formula is C36H56O. The molecule has 2 aromatic rings. The summed E-state index contributed by atoms with van der Waals surface area (Å²) < 4.78 is 0. The summed E-state index contributed by atoms with van der Waals surface area (Å²) in [6, 6.07) is 9.64. The van der Waals surface area contributed by atoms with E-state index in [-0.39, 0.29) is 5.92 Å². The second-order valence-corrected chi connectivity index (χ2v) is 14.2. The largest absolute Gasteiger partial charge is 0.298 e. The van der Waals surface area contributed by atoms with E-state index in [2.05, 4.69) is 128 Å². The average Bonchev–Trinajstić information content (AvgIpc) is 2.77. The van der Waals surface area contributed by atoms with Gasteiger partial charge in [0.05, 0.1) is 5.92 Å². The third kappa shape index (κ3) is 6.76. The molecule has 2 aromatic carbocycles. The number of benzene rings is 2. The van der Waals surface area contributed by atoms with E-state index in [1.807, 2.05) is 0 Å². The molecule has 0 saturated heterocycles. The summed E-state index contributed by atoms with van der Waals surface area (Å²) in [4.78, 5) is 14.7. The lowest BCUT2D eigenvalue weighted by Crippen LogP contribution is -2.31. The van der Waals surface area contributed by atoms with Crippen molar-refractivity contribution in [3.8, 4) is 0 Å². The SMILES string of the molecule is CC(C)c1cc(C(C)C)c(C(C(=O)C(C)(C)C)c2c(C(C)C)cc(C(C)C)cc2C(C)C)c(C(C)C)c1. The van der Waals surface area contributed by atoms with E-state index < -0.39 is 5.41 Å². The van der Waals surface area contributed by atoms with Gasteiger partial charge < -0.3 is 0 Å². The minimum atomic E-state index is -0.455. The van der Waals surface area contributed by atoms with Crippen molar-refractivity contribution in [2.24, 2.45) is 5.41 Å². The summed E-state index contributed by atoms with van der Waals surface area (Å²) in [5, 5.41) is 0. The quantitative estimate of drug-likeness (QED) is 0.332. The van der Waals surface area contributed by atoms with Crippen LogP contribution in [0.2, 0.25) is 0 Å². The Morgan fingerprint density at radius 1 is 0.486 bits per heavy atom. The molecule has 0 unspecified atom stereocenters. The third-order valence-corrected chi connectivity index (χ3v) is 7.93. The Kier molecular flexibility index (Phi) is 10.1. The maximum absolute atomic E-state index is 14.7. The molecule has 37 heavy (non-hydrogen) atoms. The van der Waals surface area contributed by atoms with Crippen LogP contribution in [0, 0.1) is 5.41 Å². The number of hydrogen-bond acceptors (Lipinski definition) is 1. The van der Waals surface area contributed by atoms with Crippen molar-refractivity contribution >= 4 is 5.78 Å². The molecular weight excluding hydrogens is 448 g/mol. The Labute approximate surface area is 229 Å². The van der Waals surface area contributed by atoms with Gasteiger partial charge in [0.1, 0.15) is 5.78 Å². The molecule has 0 aliphatic carbocycles. The Bertz CT molecular complexity index is 953. The van der Waals surface area contributed by atoms with Crippen LogP contribution in [-0.2, 0) is 4.79 Å². The van der Waals surface area contributed by atoms with E-state index in [1.165, 1.54) is 44.5 Å². The molecule has 0 atom stereocenters. The number of carbonyl (C=O) groups excluding carboxylic acids is 1. The van der Waals surface area contributed by atoms with E-state index in [1.54, 1.807) is 0 Å². The second kappa shape index (κ2) is 11.9. The number of carbonyl (C=O) groups is 1. The van der Waals surface area contributed by atoms with E-state index in [0.717, 1.165) is 0 Å². The summed E-state index contributed by atoms with van der Waals surface area (Å²) in [7, 11) is 0. The van der Waals surface area contributed by atoms with Gasteiger partial charge in [-0.25, -0.2) is 0 Å². The summed E-state index contributed by atoms with van der Waals surface area (Å²) in [6.45, 7) is 33.7. The number of ketones is 1. The van der Waals surface area contributed by atoms with Crippen molar-refractivity contribution in [1.29, 1.82) is 0 Å². The molecule has 0 spiro atoms. The Morgan fingerprint density at radius 2 is 0.730 bits per heavy atom. The molecule has 206 valence electrons. The molecule has 0 heterocycles. The van der Waals surface area contributed by atoms with Crippen LogP contribution in [0.5, 0.6) is 0 Å². The minimum Gasteiger partial charge on any atom is -0.298 e. The number of rotatable bonds is 9. The first kappa shape index (κ1) is 31.3. The van der Waals surface area contributed by atoms with Gasteiger partial charge in [-0.1, -0.05) is 128 Å². The third-order valence-electron chi connectivity index (χ3n) is 7.93. The van der Waals surface area contributed by atoms with Crippen molar-refractivity contribution in [3.63, 3.8) is 0 Å². The van der Waals surface area contributed by atoms with Gasteiger partial charge in [0.2, 0.25) is 0 Å². The zero-order valence-corrected chi connectivity index (χ0v) is 26.8. The van der Waals surface area contributed by atoms with Gasteiger partial charge in [0.15, 0.2) is 0 Å². The van der Waals surface area contributed by atoms with Crippen molar-refractivity contribution in [2.45, 2.75) is 145 Å². The fraction of sp³-hybridized carbons (Fsp3) is 0.639. The predicted molar refractivity (Wildman–Crippen MR) is 164 cm³/mol. The molecule has 0 aliphatic rings. The van der Waals surface area contributed by atoms with Crippen LogP contribution in [0.25, 0.3) is 0 Å². The molecule has 0 aromatic heterocycles. The Balaban J connectivity index is 3.23. The van der Waals surface area contributed by atoms with Gasteiger partial charge in [0.25, 0.3) is 0 Å². The molecule has 0 radical (unpaired) electrons. The van der Waals surface area contributed by atoms with E-state index in [0.29, 0.717) is 41.3 Å². The van der Waals surface area contributed by atoms with Gasteiger partial charge in [-0.3, -0.25) is 4.79 Å². The molecule has 0 bridgehead atoms. The minimum absolute atomic E-state index is 0.271. The second-order valence-electron chi connectivity index (χ2n) is 14.2. The fourth-order valence-electron chi connectivity index (χ4n) is 5.53. The lowest BCUT2D eigenvalue weighted by atomic mass is 9.67. The molecule has 1 nitrogen and oxygen atoms in total. The standard InChI is InChI=1S/C36H56O/c1-20(2)26-16-28(22(5)6)32(29(17-26)23(7)8)34(35(37)36(13,14)15)33-30(24(9)10)18-27(21(3)4)19-31(33)25(11)12/h16-25,34H,1-15H3. The van der Waals surface area contributed by atoms with Crippen molar-refractivity contribution in [1.82, 2.24) is 0 Å². The normalized spacial score (nSPS) is 12.9. The average molecular weight is 505 g/mol. The van der Waals surface area contributed by atoms with Crippen molar-refractivity contribution in [3.05, 3.63) is 68.8 Å². The van der Waals surface area contributed by atoms with Crippen LogP contribution < -0.4 is 0 Å². The molecule has 0 amide bonds. The van der Waals surface area contributed by atoms with Crippen LogP contribution in [0.15, 0.2) is 24.3 Å². The van der Waals surface area contributed by atoms with E-state index >= 15 is 0 Å². The predicted octanol–water partition coefficient (Wildman–Crippen LogP) is 11.2. The van der Waals surface area contributed by atoms with Gasteiger partial charge in [-0.05, 0) is 80.0 Å². The van der Waals surface area contributed by atoms with Crippen molar-refractivity contribution < 1.29 is 4.79 Å².